The molecule has 22 heavy (non-hydrogen) atoms. The summed E-state index contributed by atoms with van der Waals surface area (Å²) >= 11 is 1.56. The van der Waals surface area contributed by atoms with Gasteiger partial charge < -0.3 is 10.6 Å². The lowest BCUT2D eigenvalue weighted by molar-refractivity contribution is 0.240. The lowest BCUT2D eigenvalue weighted by Crippen LogP contribution is -2.34. The number of aromatic nitrogens is 1. The monoisotopic (exact) mass is 315 g/mol. The summed E-state index contributed by atoms with van der Waals surface area (Å²) in [6.07, 6.45) is 0. The first-order chi connectivity index (χ1) is 10.7. The van der Waals surface area contributed by atoms with E-state index in [1.165, 1.54) is 12.1 Å². The highest BCUT2D eigenvalue weighted by Gasteiger charge is 2.05. The Balaban J connectivity index is 1.50. The summed E-state index contributed by atoms with van der Waals surface area (Å²) in [5.74, 6) is -0.288. The van der Waals surface area contributed by atoms with Crippen molar-refractivity contribution in [3.63, 3.8) is 0 Å². The maximum atomic E-state index is 12.8. The molecule has 4 nitrogen and oxygen atoms in total. The van der Waals surface area contributed by atoms with Gasteiger partial charge in [0, 0.05) is 6.54 Å². The highest BCUT2D eigenvalue weighted by molar-refractivity contribution is 7.18. The number of nitrogens with zero attached hydrogens (tertiary/aromatic N) is 1. The average Bonchev–Trinajstić information content (AvgIpc) is 2.95. The number of halogens is 1. The molecule has 1 heterocycles. The van der Waals surface area contributed by atoms with Gasteiger partial charge in [-0.05, 0) is 29.8 Å². The molecule has 0 bridgehead atoms. The number of amides is 2. The summed E-state index contributed by atoms with van der Waals surface area (Å²) in [4.78, 5) is 16.2. The number of carbonyl (C=O) groups is 1. The Labute approximate surface area is 131 Å². The van der Waals surface area contributed by atoms with E-state index in [9.17, 15) is 9.18 Å². The van der Waals surface area contributed by atoms with Crippen molar-refractivity contribution in [2.45, 2.75) is 13.1 Å². The summed E-state index contributed by atoms with van der Waals surface area (Å²) in [5.41, 5.74) is 1.78. The topological polar surface area (TPSA) is 54.0 Å². The van der Waals surface area contributed by atoms with Gasteiger partial charge in [-0.25, -0.2) is 14.2 Å². The number of thiazole rings is 1. The van der Waals surface area contributed by atoms with Gasteiger partial charge in [-0.1, -0.05) is 24.3 Å². The SMILES string of the molecule is O=C(NCc1ccc(F)cc1)NCc1nc2ccccc2s1. The molecule has 0 unspecified atom stereocenters. The first kappa shape index (κ1) is 14.5. The number of hydrogen-bond donors (Lipinski definition) is 2. The predicted octanol–water partition coefficient (Wildman–Crippen LogP) is 3.43. The smallest absolute Gasteiger partial charge is 0.315 e. The van der Waals surface area contributed by atoms with Crippen molar-refractivity contribution in [2.75, 3.05) is 0 Å². The Morgan fingerprint density at radius 1 is 1.05 bits per heavy atom. The summed E-state index contributed by atoms with van der Waals surface area (Å²) < 4.78 is 13.9. The highest BCUT2D eigenvalue weighted by Crippen LogP contribution is 2.21. The highest BCUT2D eigenvalue weighted by atomic mass is 32.1. The van der Waals surface area contributed by atoms with E-state index in [1.807, 2.05) is 24.3 Å². The van der Waals surface area contributed by atoms with E-state index < -0.39 is 0 Å². The Morgan fingerprint density at radius 3 is 2.55 bits per heavy atom. The van der Waals surface area contributed by atoms with E-state index >= 15 is 0 Å². The first-order valence-electron chi connectivity index (χ1n) is 6.81. The van der Waals surface area contributed by atoms with E-state index in [-0.39, 0.29) is 11.8 Å². The quantitative estimate of drug-likeness (QED) is 0.775. The van der Waals surface area contributed by atoms with Gasteiger partial charge in [0.1, 0.15) is 10.8 Å². The Morgan fingerprint density at radius 2 is 1.77 bits per heavy atom. The van der Waals surface area contributed by atoms with Crippen LogP contribution in [0.4, 0.5) is 9.18 Å². The average molecular weight is 315 g/mol. The largest absolute Gasteiger partial charge is 0.334 e. The maximum absolute atomic E-state index is 12.8. The number of fused-ring (bicyclic) bond motifs is 1. The molecule has 0 aliphatic carbocycles. The third-order valence-electron chi connectivity index (χ3n) is 3.10. The second-order valence-electron chi connectivity index (χ2n) is 4.74. The van der Waals surface area contributed by atoms with Crippen LogP contribution < -0.4 is 10.6 Å². The van der Waals surface area contributed by atoms with Crippen molar-refractivity contribution in [2.24, 2.45) is 0 Å². The van der Waals surface area contributed by atoms with Crippen LogP contribution >= 0.6 is 11.3 Å². The van der Waals surface area contributed by atoms with Crippen molar-refractivity contribution >= 4 is 27.6 Å². The standard InChI is InChI=1S/C16H14FN3OS/c17-12-7-5-11(6-8-12)9-18-16(21)19-10-15-20-13-3-1-2-4-14(13)22-15/h1-8H,9-10H2,(H2,18,19,21). The summed E-state index contributed by atoms with van der Waals surface area (Å²) in [7, 11) is 0. The van der Waals surface area contributed by atoms with Crippen LogP contribution in [-0.4, -0.2) is 11.0 Å². The molecule has 0 saturated carbocycles. The molecule has 3 rings (SSSR count). The minimum Gasteiger partial charge on any atom is -0.334 e. The third kappa shape index (κ3) is 3.59. The zero-order valence-corrected chi connectivity index (χ0v) is 12.5. The van der Waals surface area contributed by atoms with E-state index in [2.05, 4.69) is 15.6 Å². The summed E-state index contributed by atoms with van der Waals surface area (Å²) in [6.45, 7) is 0.737. The van der Waals surface area contributed by atoms with Gasteiger partial charge in [-0.2, -0.15) is 0 Å². The van der Waals surface area contributed by atoms with Gasteiger partial charge in [0.15, 0.2) is 0 Å². The summed E-state index contributed by atoms with van der Waals surface area (Å²) in [6, 6.07) is 13.6. The molecular formula is C16H14FN3OS. The van der Waals surface area contributed by atoms with Crippen molar-refractivity contribution in [3.8, 4) is 0 Å². The zero-order chi connectivity index (χ0) is 15.4. The van der Waals surface area contributed by atoms with Crippen molar-refractivity contribution in [1.29, 1.82) is 0 Å². The van der Waals surface area contributed by atoms with Crippen LogP contribution in [0.3, 0.4) is 0 Å². The number of urea groups is 1. The molecule has 3 aromatic rings. The molecule has 0 saturated heterocycles. The normalized spacial score (nSPS) is 10.6. The number of para-hydroxylation sites is 1. The number of rotatable bonds is 4. The molecule has 0 radical (unpaired) electrons. The molecule has 0 atom stereocenters. The fourth-order valence-electron chi connectivity index (χ4n) is 2.00. The Bertz CT molecular complexity index is 752. The molecule has 0 aliphatic heterocycles. The second kappa shape index (κ2) is 6.53. The molecule has 6 heteroatoms. The van der Waals surface area contributed by atoms with E-state index in [0.717, 1.165) is 20.8 Å². The maximum Gasteiger partial charge on any atom is 0.315 e. The van der Waals surface area contributed by atoms with Gasteiger partial charge in [0.2, 0.25) is 0 Å². The minimum absolute atomic E-state index is 0.274. The van der Waals surface area contributed by atoms with Crippen LogP contribution in [-0.2, 0) is 13.1 Å². The van der Waals surface area contributed by atoms with Gasteiger partial charge in [-0.15, -0.1) is 11.3 Å². The van der Waals surface area contributed by atoms with Crippen LogP contribution in [0.2, 0.25) is 0 Å². The zero-order valence-electron chi connectivity index (χ0n) is 11.7. The van der Waals surface area contributed by atoms with Gasteiger partial charge in [0.05, 0.1) is 16.8 Å². The van der Waals surface area contributed by atoms with Gasteiger partial charge in [-0.3, -0.25) is 0 Å². The fourth-order valence-corrected chi connectivity index (χ4v) is 2.91. The Hall–Kier alpha value is -2.47. The summed E-state index contributed by atoms with van der Waals surface area (Å²) in [5, 5.41) is 6.35. The first-order valence-corrected chi connectivity index (χ1v) is 7.63. The Kier molecular flexibility index (Phi) is 4.29. The molecule has 112 valence electrons. The van der Waals surface area contributed by atoms with E-state index in [4.69, 9.17) is 0 Å². The molecule has 2 N–H and O–H groups in total. The second-order valence-corrected chi connectivity index (χ2v) is 5.85. The van der Waals surface area contributed by atoms with Gasteiger partial charge >= 0.3 is 6.03 Å². The van der Waals surface area contributed by atoms with Crippen molar-refractivity contribution in [1.82, 2.24) is 15.6 Å². The fraction of sp³-hybridized carbons (Fsp3) is 0.125. The van der Waals surface area contributed by atoms with Crippen molar-refractivity contribution < 1.29 is 9.18 Å². The number of benzene rings is 2. The van der Waals surface area contributed by atoms with Crippen LogP contribution in [0.15, 0.2) is 48.5 Å². The molecule has 2 amide bonds. The number of nitrogens with one attached hydrogen (secondary N) is 2. The van der Waals surface area contributed by atoms with Crippen LogP contribution in [0.25, 0.3) is 10.2 Å². The van der Waals surface area contributed by atoms with Crippen LogP contribution in [0.5, 0.6) is 0 Å². The molecule has 2 aromatic carbocycles. The number of hydrogen-bond acceptors (Lipinski definition) is 3. The van der Waals surface area contributed by atoms with Crippen LogP contribution in [0, 0.1) is 5.82 Å². The molecule has 1 aromatic heterocycles. The third-order valence-corrected chi connectivity index (χ3v) is 4.14. The van der Waals surface area contributed by atoms with E-state index in [0.29, 0.717) is 13.1 Å². The van der Waals surface area contributed by atoms with Crippen LogP contribution in [0.1, 0.15) is 10.6 Å². The van der Waals surface area contributed by atoms with Crippen molar-refractivity contribution in [3.05, 3.63) is 64.9 Å². The van der Waals surface area contributed by atoms with E-state index in [1.54, 1.807) is 23.5 Å². The molecular weight excluding hydrogens is 301 g/mol. The predicted molar refractivity (Wildman–Crippen MR) is 85.1 cm³/mol. The minimum atomic E-state index is -0.288. The molecule has 0 fully saturated rings. The lowest BCUT2D eigenvalue weighted by atomic mass is 10.2. The lowest BCUT2D eigenvalue weighted by Gasteiger charge is -2.06. The molecule has 0 spiro atoms. The number of carbonyl (C=O) groups excluding carboxylic acids is 1. The molecule has 0 aliphatic rings. The van der Waals surface area contributed by atoms with Gasteiger partial charge in [0.25, 0.3) is 0 Å².